The number of nitrogens with zero attached hydrogens (tertiary/aromatic N) is 1. The number of hydrogen-bond donors (Lipinski definition) is 0. The fourth-order valence-electron chi connectivity index (χ4n) is 3.76. The number of carboxylic acids is 1. The minimum atomic E-state index is -1.07. The second-order valence-electron chi connectivity index (χ2n) is 5.52. The molecule has 19 heavy (non-hydrogen) atoms. The number of carbonyl (C=O) groups is 2. The van der Waals surface area contributed by atoms with Gasteiger partial charge in [0.1, 0.15) is 0 Å². The third-order valence-electron chi connectivity index (χ3n) is 4.48. The topological polar surface area (TPSA) is 60.4 Å². The van der Waals surface area contributed by atoms with Crippen molar-refractivity contribution in [3.05, 3.63) is 25.3 Å². The van der Waals surface area contributed by atoms with Gasteiger partial charge >= 0.3 is 0 Å². The molecule has 0 aromatic carbocycles. The predicted octanol–water partition coefficient (Wildman–Crippen LogP) is 0.599. The van der Waals surface area contributed by atoms with Gasteiger partial charge < -0.3 is 14.8 Å². The summed E-state index contributed by atoms with van der Waals surface area (Å²) in [4.78, 5) is 25.5. The van der Waals surface area contributed by atoms with Gasteiger partial charge in [0.05, 0.1) is 0 Å². The van der Waals surface area contributed by atoms with Crippen LogP contribution >= 0.6 is 0 Å². The molecular weight excluding hydrogens is 242 g/mol. The molecule has 4 atom stereocenters. The average molecular weight is 262 g/mol. The highest BCUT2D eigenvalue weighted by Crippen LogP contribution is 2.52. The lowest BCUT2D eigenvalue weighted by Crippen LogP contribution is -2.47. The van der Waals surface area contributed by atoms with Crippen molar-refractivity contribution < 1.29 is 14.7 Å². The van der Waals surface area contributed by atoms with Gasteiger partial charge in [-0.3, -0.25) is 4.79 Å². The molecule has 2 aliphatic carbocycles. The van der Waals surface area contributed by atoms with Gasteiger partial charge in [-0.25, -0.2) is 0 Å². The number of aliphatic carboxylic acids is 1. The van der Waals surface area contributed by atoms with Crippen molar-refractivity contribution in [2.45, 2.75) is 19.3 Å². The number of fused-ring (bicyclic) bond motifs is 2. The molecule has 0 aromatic heterocycles. The first-order valence-corrected chi connectivity index (χ1v) is 6.81. The Balaban J connectivity index is 2.18. The largest absolute Gasteiger partial charge is 0.550 e. The maximum atomic E-state index is 12.6. The molecule has 2 saturated carbocycles. The highest BCUT2D eigenvalue weighted by molar-refractivity contribution is 5.85. The van der Waals surface area contributed by atoms with E-state index in [4.69, 9.17) is 0 Å². The highest BCUT2D eigenvalue weighted by Gasteiger charge is 2.52. The molecule has 0 aromatic rings. The second-order valence-corrected chi connectivity index (χ2v) is 5.52. The molecule has 0 aliphatic heterocycles. The van der Waals surface area contributed by atoms with Gasteiger partial charge in [-0.1, -0.05) is 12.2 Å². The molecule has 0 saturated heterocycles. The molecule has 0 heterocycles. The van der Waals surface area contributed by atoms with Crippen LogP contribution in [0.3, 0.4) is 0 Å². The van der Waals surface area contributed by atoms with Crippen molar-refractivity contribution in [3.63, 3.8) is 0 Å². The summed E-state index contributed by atoms with van der Waals surface area (Å²) in [5.41, 5.74) is 0. The SMILES string of the molecule is C=CCN(CC=C)C(=O)[C@H]1[C@@H]2CC[C@@H](C2)[C@@H]1C(=O)[O-]. The van der Waals surface area contributed by atoms with Crippen LogP contribution in [0.5, 0.6) is 0 Å². The molecule has 104 valence electrons. The van der Waals surface area contributed by atoms with Gasteiger partial charge in [-0.05, 0) is 31.1 Å². The zero-order valence-electron chi connectivity index (χ0n) is 11.1. The number of rotatable bonds is 6. The first kappa shape index (κ1) is 13.8. The van der Waals surface area contributed by atoms with Crippen LogP contribution in [-0.2, 0) is 9.59 Å². The minimum absolute atomic E-state index is 0.0822. The lowest BCUT2D eigenvalue weighted by Gasteiger charge is -2.34. The average Bonchev–Trinajstić information content (AvgIpc) is 2.97. The number of carboxylic acid groups (broad SMARTS) is 1. The van der Waals surface area contributed by atoms with E-state index in [1.165, 1.54) is 0 Å². The molecule has 0 spiro atoms. The van der Waals surface area contributed by atoms with Crippen LogP contribution in [0.4, 0.5) is 0 Å². The maximum Gasteiger partial charge on any atom is 0.227 e. The third kappa shape index (κ3) is 2.44. The van der Waals surface area contributed by atoms with Crippen LogP contribution in [0.15, 0.2) is 25.3 Å². The van der Waals surface area contributed by atoms with Gasteiger partial charge in [0.2, 0.25) is 5.91 Å². The zero-order chi connectivity index (χ0) is 14.0. The molecule has 4 nitrogen and oxygen atoms in total. The van der Waals surface area contributed by atoms with Crippen LogP contribution in [0.1, 0.15) is 19.3 Å². The normalized spacial score (nSPS) is 32.0. The van der Waals surface area contributed by atoms with Crippen molar-refractivity contribution >= 4 is 11.9 Å². The lowest BCUT2D eigenvalue weighted by atomic mass is 9.78. The molecule has 0 radical (unpaired) electrons. The second kappa shape index (κ2) is 5.59. The van der Waals surface area contributed by atoms with Gasteiger partial charge in [0.15, 0.2) is 0 Å². The van der Waals surface area contributed by atoms with E-state index in [-0.39, 0.29) is 17.7 Å². The van der Waals surface area contributed by atoms with Crippen LogP contribution < -0.4 is 5.11 Å². The van der Waals surface area contributed by atoms with E-state index in [1.54, 1.807) is 17.1 Å². The molecular formula is C15H20NO3-. The van der Waals surface area contributed by atoms with Crippen molar-refractivity contribution in [1.82, 2.24) is 4.90 Å². The van der Waals surface area contributed by atoms with E-state index in [0.717, 1.165) is 19.3 Å². The smallest absolute Gasteiger partial charge is 0.227 e. The number of hydrogen-bond acceptors (Lipinski definition) is 3. The predicted molar refractivity (Wildman–Crippen MR) is 69.8 cm³/mol. The summed E-state index contributed by atoms with van der Waals surface area (Å²) in [6, 6.07) is 0. The summed E-state index contributed by atoms with van der Waals surface area (Å²) in [5, 5.41) is 11.3. The Morgan fingerprint density at radius 1 is 1.11 bits per heavy atom. The first-order valence-electron chi connectivity index (χ1n) is 6.81. The fraction of sp³-hybridized carbons (Fsp3) is 0.600. The standard InChI is InChI=1S/C15H21NO3/c1-3-7-16(8-4-2)14(17)12-10-5-6-11(9-10)13(12)15(18)19/h3-4,10-13H,1-2,5-9H2,(H,18,19)/p-1/t10-,11+,12+,13+/m1/s1. The Morgan fingerprint density at radius 3 is 2.11 bits per heavy atom. The van der Waals surface area contributed by atoms with Gasteiger partial charge in [-0.2, -0.15) is 0 Å². The van der Waals surface area contributed by atoms with Gasteiger partial charge in [-0.15, -0.1) is 13.2 Å². The first-order chi connectivity index (χ1) is 9.10. The van der Waals surface area contributed by atoms with Crippen molar-refractivity contribution in [3.8, 4) is 0 Å². The van der Waals surface area contributed by atoms with Crippen molar-refractivity contribution in [1.29, 1.82) is 0 Å². The van der Waals surface area contributed by atoms with E-state index >= 15 is 0 Å². The molecule has 1 amide bonds. The molecule has 2 fully saturated rings. The Kier molecular flexibility index (Phi) is 4.08. The van der Waals surface area contributed by atoms with E-state index in [0.29, 0.717) is 13.1 Å². The van der Waals surface area contributed by atoms with Gasteiger partial charge in [0, 0.05) is 30.9 Å². The molecule has 2 bridgehead atoms. The Hall–Kier alpha value is -1.58. The monoisotopic (exact) mass is 262 g/mol. The molecule has 4 heteroatoms. The van der Waals surface area contributed by atoms with E-state index in [9.17, 15) is 14.7 Å². The zero-order valence-corrected chi connectivity index (χ0v) is 11.1. The highest BCUT2D eigenvalue weighted by atomic mass is 16.4. The minimum Gasteiger partial charge on any atom is -0.550 e. The van der Waals surface area contributed by atoms with Crippen molar-refractivity contribution in [2.24, 2.45) is 23.7 Å². The van der Waals surface area contributed by atoms with Crippen LogP contribution in [0, 0.1) is 23.7 Å². The third-order valence-corrected chi connectivity index (χ3v) is 4.48. The summed E-state index contributed by atoms with van der Waals surface area (Å²) in [5.74, 6) is -1.84. The molecule has 0 N–H and O–H groups in total. The lowest BCUT2D eigenvalue weighted by molar-refractivity contribution is -0.314. The Bertz CT molecular complexity index is 394. The Labute approximate surface area is 113 Å². The maximum absolute atomic E-state index is 12.6. The Morgan fingerprint density at radius 2 is 1.63 bits per heavy atom. The molecule has 0 unspecified atom stereocenters. The van der Waals surface area contributed by atoms with E-state index in [1.807, 2.05) is 0 Å². The van der Waals surface area contributed by atoms with E-state index in [2.05, 4.69) is 13.2 Å². The fourth-order valence-corrected chi connectivity index (χ4v) is 3.76. The van der Waals surface area contributed by atoms with Crippen LogP contribution in [-0.4, -0.2) is 29.9 Å². The summed E-state index contributed by atoms with van der Waals surface area (Å²) in [6.45, 7) is 8.13. The quantitative estimate of drug-likeness (QED) is 0.659. The number of amides is 1. The van der Waals surface area contributed by atoms with E-state index < -0.39 is 17.8 Å². The van der Waals surface area contributed by atoms with Crippen LogP contribution in [0.25, 0.3) is 0 Å². The van der Waals surface area contributed by atoms with Crippen molar-refractivity contribution in [2.75, 3.05) is 13.1 Å². The van der Waals surface area contributed by atoms with Crippen LogP contribution in [0.2, 0.25) is 0 Å². The molecule has 2 rings (SSSR count). The summed E-state index contributed by atoms with van der Waals surface area (Å²) < 4.78 is 0. The molecule has 2 aliphatic rings. The summed E-state index contributed by atoms with van der Waals surface area (Å²) in [6.07, 6.45) is 6.03. The number of carbonyl (C=O) groups excluding carboxylic acids is 2. The summed E-state index contributed by atoms with van der Waals surface area (Å²) in [7, 11) is 0. The van der Waals surface area contributed by atoms with Gasteiger partial charge in [0.25, 0.3) is 0 Å². The summed E-state index contributed by atoms with van der Waals surface area (Å²) >= 11 is 0.